The van der Waals surface area contributed by atoms with Crippen LogP contribution in [0.5, 0.6) is 5.75 Å². The number of ether oxygens (including phenoxy) is 1. The Labute approximate surface area is 113 Å². The summed E-state index contributed by atoms with van der Waals surface area (Å²) < 4.78 is 5.72. The Morgan fingerprint density at radius 2 is 1.72 bits per heavy atom. The minimum atomic E-state index is 0.537. The van der Waals surface area contributed by atoms with Gasteiger partial charge in [-0.1, -0.05) is 30.3 Å². The molecule has 0 amide bonds. The van der Waals surface area contributed by atoms with Gasteiger partial charge in [0.05, 0.1) is 0 Å². The van der Waals surface area contributed by atoms with Crippen molar-refractivity contribution in [2.24, 2.45) is 0 Å². The van der Waals surface area contributed by atoms with Crippen LogP contribution in [0.3, 0.4) is 0 Å². The fraction of sp³-hybridized carbons (Fsp3) is 0.267. The van der Waals surface area contributed by atoms with E-state index in [-0.39, 0.29) is 0 Å². The second-order valence-corrected chi connectivity index (χ2v) is 4.40. The van der Waals surface area contributed by atoms with E-state index in [0.717, 1.165) is 24.2 Å². The third kappa shape index (κ3) is 2.79. The summed E-state index contributed by atoms with van der Waals surface area (Å²) in [6.45, 7) is 5.87. The van der Waals surface area contributed by atoms with Crippen LogP contribution >= 0.6 is 12.2 Å². The molecule has 0 N–H and O–H groups in total. The zero-order chi connectivity index (χ0) is 13.0. The van der Waals surface area contributed by atoms with Crippen molar-refractivity contribution in [1.82, 2.24) is 4.90 Å². The van der Waals surface area contributed by atoms with E-state index in [2.05, 4.69) is 32.0 Å². The molecule has 0 bridgehead atoms. The van der Waals surface area contributed by atoms with Crippen molar-refractivity contribution in [3.05, 3.63) is 42.5 Å². The van der Waals surface area contributed by atoms with E-state index in [1.165, 1.54) is 5.39 Å². The summed E-state index contributed by atoms with van der Waals surface area (Å²) in [4.78, 5) is 2.02. The molecule has 0 spiro atoms. The lowest BCUT2D eigenvalue weighted by Crippen LogP contribution is -2.32. The van der Waals surface area contributed by atoms with Gasteiger partial charge < -0.3 is 9.64 Å². The third-order valence-electron chi connectivity index (χ3n) is 2.95. The van der Waals surface area contributed by atoms with Crippen LogP contribution in [0.4, 0.5) is 0 Å². The first-order valence-electron chi connectivity index (χ1n) is 6.20. The zero-order valence-electron chi connectivity index (χ0n) is 10.7. The van der Waals surface area contributed by atoms with Gasteiger partial charge in [-0.2, -0.15) is 0 Å². The highest BCUT2D eigenvalue weighted by Gasteiger charge is 2.07. The molecule has 2 aromatic rings. The predicted octanol–water partition coefficient (Wildman–Crippen LogP) is 3.85. The maximum Gasteiger partial charge on any atom is 0.264 e. The number of benzene rings is 2. The molecule has 2 aromatic carbocycles. The van der Waals surface area contributed by atoms with E-state index in [4.69, 9.17) is 17.0 Å². The molecule has 2 nitrogen and oxygen atoms in total. The van der Waals surface area contributed by atoms with Crippen LogP contribution in [0.2, 0.25) is 0 Å². The molecular weight excluding hydrogens is 242 g/mol. The Hall–Kier alpha value is -1.61. The van der Waals surface area contributed by atoms with Crippen LogP contribution in [0.25, 0.3) is 10.8 Å². The highest BCUT2D eigenvalue weighted by Crippen LogP contribution is 2.21. The number of nitrogens with zero attached hydrogens (tertiary/aromatic N) is 1. The maximum absolute atomic E-state index is 5.72. The van der Waals surface area contributed by atoms with Crippen molar-refractivity contribution < 1.29 is 4.74 Å². The Balaban J connectivity index is 2.19. The zero-order valence-corrected chi connectivity index (χ0v) is 11.5. The van der Waals surface area contributed by atoms with E-state index in [1.807, 2.05) is 29.2 Å². The highest BCUT2D eigenvalue weighted by molar-refractivity contribution is 7.80. The van der Waals surface area contributed by atoms with Crippen molar-refractivity contribution in [3.63, 3.8) is 0 Å². The smallest absolute Gasteiger partial charge is 0.264 e. The lowest BCUT2D eigenvalue weighted by Gasteiger charge is -2.21. The van der Waals surface area contributed by atoms with Crippen molar-refractivity contribution in [1.29, 1.82) is 0 Å². The van der Waals surface area contributed by atoms with Gasteiger partial charge in [-0.05, 0) is 49.0 Å². The van der Waals surface area contributed by atoms with Crippen LogP contribution in [0.1, 0.15) is 13.8 Å². The van der Waals surface area contributed by atoms with E-state index in [1.54, 1.807) is 0 Å². The SMILES string of the molecule is CCN(CC)C(=S)Oc1ccc2ccccc2c1. The van der Waals surface area contributed by atoms with Crippen LogP contribution < -0.4 is 4.74 Å². The lowest BCUT2D eigenvalue weighted by atomic mass is 10.1. The molecule has 3 heteroatoms. The average Bonchev–Trinajstić information content (AvgIpc) is 2.40. The normalized spacial score (nSPS) is 10.3. The Bertz CT molecular complexity index is 549. The van der Waals surface area contributed by atoms with Crippen molar-refractivity contribution in [2.45, 2.75) is 13.8 Å². The van der Waals surface area contributed by atoms with E-state index in [9.17, 15) is 0 Å². The van der Waals surface area contributed by atoms with Gasteiger partial charge in [0.2, 0.25) is 0 Å². The summed E-state index contributed by atoms with van der Waals surface area (Å²) in [6, 6.07) is 14.2. The Kier molecular flexibility index (Phi) is 4.15. The second-order valence-electron chi connectivity index (χ2n) is 4.05. The molecular formula is C15H17NOS. The third-order valence-corrected chi connectivity index (χ3v) is 3.29. The minimum absolute atomic E-state index is 0.537. The molecule has 0 aliphatic rings. The summed E-state index contributed by atoms with van der Waals surface area (Å²) in [5.41, 5.74) is 0. The molecule has 18 heavy (non-hydrogen) atoms. The Morgan fingerprint density at radius 3 is 2.39 bits per heavy atom. The highest BCUT2D eigenvalue weighted by atomic mass is 32.1. The standard InChI is InChI=1S/C15H17NOS/c1-3-16(4-2)15(18)17-14-10-9-12-7-5-6-8-13(12)11-14/h5-11H,3-4H2,1-2H3. The van der Waals surface area contributed by atoms with Crippen molar-refractivity contribution in [3.8, 4) is 5.75 Å². The molecule has 0 aliphatic heterocycles. The van der Waals surface area contributed by atoms with Crippen LogP contribution in [0.15, 0.2) is 42.5 Å². The monoisotopic (exact) mass is 259 g/mol. The number of hydrogen-bond acceptors (Lipinski definition) is 2. The lowest BCUT2D eigenvalue weighted by molar-refractivity contribution is 0.379. The quantitative estimate of drug-likeness (QED) is 0.777. The summed E-state index contributed by atoms with van der Waals surface area (Å²) >= 11 is 5.28. The van der Waals surface area contributed by atoms with Gasteiger partial charge >= 0.3 is 0 Å². The molecule has 0 radical (unpaired) electrons. The molecule has 0 saturated carbocycles. The first kappa shape index (κ1) is 12.8. The summed E-state index contributed by atoms with van der Waals surface area (Å²) in [5, 5.41) is 2.91. The number of rotatable bonds is 3. The Morgan fingerprint density at radius 1 is 1.06 bits per heavy atom. The van der Waals surface area contributed by atoms with Gasteiger partial charge in [-0.25, -0.2) is 0 Å². The average molecular weight is 259 g/mol. The predicted molar refractivity (Wildman–Crippen MR) is 80.1 cm³/mol. The first-order chi connectivity index (χ1) is 8.74. The summed E-state index contributed by atoms with van der Waals surface area (Å²) in [5.74, 6) is 0.797. The molecule has 0 saturated heterocycles. The summed E-state index contributed by atoms with van der Waals surface area (Å²) in [6.07, 6.45) is 0. The first-order valence-corrected chi connectivity index (χ1v) is 6.61. The van der Waals surface area contributed by atoms with Gasteiger partial charge in [0.25, 0.3) is 5.17 Å². The van der Waals surface area contributed by atoms with Crippen LogP contribution in [-0.2, 0) is 0 Å². The number of fused-ring (bicyclic) bond motifs is 1. The molecule has 0 heterocycles. The molecule has 0 aliphatic carbocycles. The molecule has 0 atom stereocenters. The minimum Gasteiger partial charge on any atom is -0.432 e. The topological polar surface area (TPSA) is 12.5 Å². The van der Waals surface area contributed by atoms with Gasteiger partial charge in [-0.3, -0.25) is 0 Å². The van der Waals surface area contributed by atoms with Gasteiger partial charge in [0, 0.05) is 13.1 Å². The van der Waals surface area contributed by atoms with Crippen LogP contribution in [-0.4, -0.2) is 23.2 Å². The maximum atomic E-state index is 5.72. The van der Waals surface area contributed by atoms with Gasteiger partial charge in [0.15, 0.2) is 0 Å². The van der Waals surface area contributed by atoms with E-state index < -0.39 is 0 Å². The van der Waals surface area contributed by atoms with Gasteiger partial charge in [0.1, 0.15) is 5.75 Å². The van der Waals surface area contributed by atoms with Gasteiger partial charge in [-0.15, -0.1) is 0 Å². The molecule has 0 aromatic heterocycles. The molecule has 0 fully saturated rings. The molecule has 2 rings (SSSR count). The fourth-order valence-electron chi connectivity index (χ4n) is 1.88. The van der Waals surface area contributed by atoms with E-state index in [0.29, 0.717) is 5.17 Å². The second kappa shape index (κ2) is 5.83. The number of hydrogen-bond donors (Lipinski definition) is 0. The molecule has 94 valence electrons. The largest absolute Gasteiger partial charge is 0.432 e. The summed E-state index contributed by atoms with van der Waals surface area (Å²) in [7, 11) is 0. The fourth-order valence-corrected chi connectivity index (χ4v) is 2.23. The van der Waals surface area contributed by atoms with Crippen molar-refractivity contribution in [2.75, 3.05) is 13.1 Å². The van der Waals surface area contributed by atoms with Crippen molar-refractivity contribution >= 4 is 28.2 Å². The number of thiocarbonyl (C=S) groups is 1. The van der Waals surface area contributed by atoms with Crippen LogP contribution in [0, 0.1) is 0 Å². The molecule has 0 unspecified atom stereocenters. The van der Waals surface area contributed by atoms with E-state index >= 15 is 0 Å².